The second-order valence-electron chi connectivity index (χ2n) is 5.26. The van der Waals surface area contributed by atoms with Gasteiger partial charge in [0.1, 0.15) is 17.2 Å². The Hall–Kier alpha value is -3.20. The van der Waals surface area contributed by atoms with Crippen molar-refractivity contribution in [2.45, 2.75) is 0 Å². The first-order valence-electron chi connectivity index (χ1n) is 7.21. The van der Waals surface area contributed by atoms with E-state index in [0.717, 1.165) is 11.1 Å². The molecule has 0 amide bonds. The Morgan fingerprint density at radius 3 is 2.00 bits per heavy atom. The summed E-state index contributed by atoms with van der Waals surface area (Å²) in [5.74, 6) is 0.157. The van der Waals surface area contributed by atoms with E-state index in [1.54, 1.807) is 18.2 Å². The van der Waals surface area contributed by atoms with Gasteiger partial charge in [-0.1, -0.05) is 48.6 Å². The van der Waals surface area contributed by atoms with Gasteiger partial charge >= 0.3 is 0 Å². The van der Waals surface area contributed by atoms with Gasteiger partial charge in [0.2, 0.25) is 0 Å². The zero-order chi connectivity index (χ0) is 16.2. The number of hydrogen-bond acceptors (Lipinski definition) is 3. The van der Waals surface area contributed by atoms with Crippen LogP contribution < -0.4 is 0 Å². The fraction of sp³-hybridized carbons (Fsp3) is 0. The highest BCUT2D eigenvalue weighted by Crippen LogP contribution is 2.28. The van der Waals surface area contributed by atoms with E-state index in [1.165, 1.54) is 18.2 Å². The van der Waals surface area contributed by atoms with E-state index in [0.29, 0.717) is 11.1 Å². The summed E-state index contributed by atoms with van der Waals surface area (Å²) in [4.78, 5) is 0. The number of hydrogen-bond donors (Lipinski definition) is 3. The monoisotopic (exact) mass is 304 g/mol. The van der Waals surface area contributed by atoms with Gasteiger partial charge in [-0.15, -0.1) is 0 Å². The number of phenolic OH excluding ortho intramolecular Hbond substituents is 3. The second kappa shape index (κ2) is 6.28. The van der Waals surface area contributed by atoms with Crippen molar-refractivity contribution in [3.63, 3.8) is 0 Å². The fourth-order valence-corrected chi connectivity index (χ4v) is 2.40. The minimum absolute atomic E-state index is 0.00749. The zero-order valence-electron chi connectivity index (χ0n) is 12.3. The average molecular weight is 304 g/mol. The fourth-order valence-electron chi connectivity index (χ4n) is 2.40. The molecule has 3 nitrogen and oxygen atoms in total. The Bertz CT molecular complexity index is 832. The molecule has 0 aliphatic heterocycles. The normalized spacial score (nSPS) is 11.0. The molecule has 0 atom stereocenters. The summed E-state index contributed by atoms with van der Waals surface area (Å²) in [5.41, 5.74) is 3.38. The van der Waals surface area contributed by atoms with Crippen molar-refractivity contribution < 1.29 is 15.3 Å². The summed E-state index contributed by atoms with van der Waals surface area (Å²) in [6, 6.07) is 19.7. The lowest BCUT2D eigenvalue weighted by Gasteiger charge is -2.05. The third kappa shape index (κ3) is 3.52. The first-order valence-corrected chi connectivity index (χ1v) is 7.21. The summed E-state index contributed by atoms with van der Waals surface area (Å²) in [6.45, 7) is 0. The van der Waals surface area contributed by atoms with Crippen LogP contribution in [0.1, 0.15) is 11.1 Å². The van der Waals surface area contributed by atoms with Crippen LogP contribution in [0.4, 0.5) is 0 Å². The lowest BCUT2D eigenvalue weighted by molar-refractivity contribution is 0.450. The van der Waals surface area contributed by atoms with Gasteiger partial charge in [0.05, 0.1) is 0 Å². The van der Waals surface area contributed by atoms with Crippen LogP contribution in [-0.4, -0.2) is 15.3 Å². The molecule has 0 aromatic heterocycles. The predicted molar refractivity (Wildman–Crippen MR) is 92.2 cm³/mol. The molecule has 3 N–H and O–H groups in total. The molecule has 3 aromatic carbocycles. The molecule has 0 aliphatic rings. The van der Waals surface area contributed by atoms with Gasteiger partial charge in [0.25, 0.3) is 0 Å². The van der Waals surface area contributed by atoms with Crippen molar-refractivity contribution in [3.05, 3.63) is 77.9 Å². The molecule has 0 aliphatic carbocycles. The Kier molecular flexibility index (Phi) is 4.02. The SMILES string of the molecule is Oc1cc(O)cc(/C=C/c2cc(-c3ccccc3)ccc2O)c1. The second-order valence-corrected chi connectivity index (χ2v) is 5.26. The molecule has 3 aromatic rings. The predicted octanol–water partition coefficient (Wildman–Crippen LogP) is 4.64. The highest BCUT2D eigenvalue weighted by molar-refractivity contribution is 5.77. The number of aromatic hydroxyl groups is 3. The van der Waals surface area contributed by atoms with Crippen LogP contribution in [0.3, 0.4) is 0 Å². The number of benzene rings is 3. The first-order chi connectivity index (χ1) is 11.1. The van der Waals surface area contributed by atoms with Crippen LogP contribution in [-0.2, 0) is 0 Å². The largest absolute Gasteiger partial charge is 0.508 e. The lowest BCUT2D eigenvalue weighted by atomic mass is 10.0. The molecule has 0 spiro atoms. The average Bonchev–Trinajstić information content (AvgIpc) is 2.54. The standard InChI is InChI=1S/C20H16O3/c21-18-10-14(11-19(22)13-18)6-7-17-12-16(8-9-20(17)23)15-4-2-1-3-5-15/h1-13,21-23H/b7-6+. The van der Waals surface area contributed by atoms with Gasteiger partial charge in [-0.3, -0.25) is 0 Å². The Morgan fingerprint density at radius 1 is 0.609 bits per heavy atom. The molecular formula is C20H16O3. The Morgan fingerprint density at radius 2 is 1.30 bits per heavy atom. The third-order valence-corrected chi connectivity index (χ3v) is 3.51. The molecule has 0 unspecified atom stereocenters. The summed E-state index contributed by atoms with van der Waals surface area (Å²) in [6.07, 6.45) is 3.47. The molecule has 0 saturated heterocycles. The van der Waals surface area contributed by atoms with Gasteiger partial charge < -0.3 is 15.3 Å². The third-order valence-electron chi connectivity index (χ3n) is 3.51. The molecule has 3 rings (SSSR count). The smallest absolute Gasteiger partial charge is 0.122 e. The molecule has 0 bridgehead atoms. The Balaban J connectivity index is 1.95. The minimum atomic E-state index is -0.00749. The minimum Gasteiger partial charge on any atom is -0.508 e. The van der Waals surface area contributed by atoms with E-state index in [1.807, 2.05) is 42.5 Å². The van der Waals surface area contributed by atoms with Gasteiger partial charge in [-0.05, 0) is 41.0 Å². The molecule has 0 fully saturated rings. The van der Waals surface area contributed by atoms with Crippen LogP contribution in [0.2, 0.25) is 0 Å². The van der Waals surface area contributed by atoms with Crippen LogP contribution >= 0.6 is 0 Å². The van der Waals surface area contributed by atoms with Gasteiger partial charge in [0.15, 0.2) is 0 Å². The van der Waals surface area contributed by atoms with Gasteiger partial charge in [-0.25, -0.2) is 0 Å². The molecule has 23 heavy (non-hydrogen) atoms. The Labute approximate surface area is 134 Å². The molecule has 0 radical (unpaired) electrons. The highest BCUT2D eigenvalue weighted by atomic mass is 16.3. The maximum absolute atomic E-state index is 10.0. The van der Waals surface area contributed by atoms with E-state index >= 15 is 0 Å². The van der Waals surface area contributed by atoms with Crippen LogP contribution in [0.15, 0.2) is 66.7 Å². The molecule has 3 heteroatoms. The molecule has 114 valence electrons. The van der Waals surface area contributed by atoms with E-state index < -0.39 is 0 Å². The van der Waals surface area contributed by atoms with Crippen molar-refractivity contribution in [3.8, 4) is 28.4 Å². The lowest BCUT2D eigenvalue weighted by Crippen LogP contribution is -1.81. The maximum atomic E-state index is 10.0. The zero-order valence-corrected chi connectivity index (χ0v) is 12.3. The first kappa shape index (κ1) is 14.7. The van der Waals surface area contributed by atoms with Gasteiger partial charge in [0, 0.05) is 11.6 Å². The van der Waals surface area contributed by atoms with Crippen molar-refractivity contribution in [1.82, 2.24) is 0 Å². The van der Waals surface area contributed by atoms with Crippen LogP contribution in [0.25, 0.3) is 23.3 Å². The van der Waals surface area contributed by atoms with E-state index in [-0.39, 0.29) is 17.2 Å². The van der Waals surface area contributed by atoms with E-state index in [2.05, 4.69) is 0 Å². The summed E-state index contributed by atoms with van der Waals surface area (Å²) in [7, 11) is 0. The highest BCUT2D eigenvalue weighted by Gasteiger charge is 2.03. The molecule has 0 saturated carbocycles. The summed E-state index contributed by atoms with van der Waals surface area (Å²) >= 11 is 0. The number of phenols is 3. The summed E-state index contributed by atoms with van der Waals surface area (Å²) < 4.78 is 0. The van der Waals surface area contributed by atoms with E-state index in [9.17, 15) is 15.3 Å². The topological polar surface area (TPSA) is 60.7 Å². The van der Waals surface area contributed by atoms with Gasteiger partial charge in [-0.2, -0.15) is 0 Å². The van der Waals surface area contributed by atoms with E-state index in [4.69, 9.17) is 0 Å². The van der Waals surface area contributed by atoms with Crippen molar-refractivity contribution in [2.75, 3.05) is 0 Å². The van der Waals surface area contributed by atoms with Crippen LogP contribution in [0, 0.1) is 0 Å². The quantitative estimate of drug-likeness (QED) is 0.618. The molecular weight excluding hydrogens is 288 g/mol. The van der Waals surface area contributed by atoms with Crippen molar-refractivity contribution in [2.24, 2.45) is 0 Å². The number of rotatable bonds is 3. The van der Waals surface area contributed by atoms with Crippen LogP contribution in [0.5, 0.6) is 17.2 Å². The molecule has 0 heterocycles. The van der Waals surface area contributed by atoms with Crippen molar-refractivity contribution in [1.29, 1.82) is 0 Å². The van der Waals surface area contributed by atoms with Crippen molar-refractivity contribution >= 4 is 12.2 Å². The summed E-state index contributed by atoms with van der Waals surface area (Å²) in [5, 5.41) is 29.0. The maximum Gasteiger partial charge on any atom is 0.122 e.